The number of aliphatic hydroxyl groups excluding tert-OH is 1. The van der Waals surface area contributed by atoms with E-state index >= 15 is 0 Å². The Hall–Kier alpha value is -5.29. The Kier molecular flexibility index (Phi) is 23.7. The van der Waals surface area contributed by atoms with Crippen molar-refractivity contribution in [3.8, 4) is 0 Å². The fourth-order valence-electron chi connectivity index (χ4n) is 7.73. The number of hydrogen-bond donors (Lipinski definition) is 6. The molecule has 368 valence electrons. The van der Waals surface area contributed by atoms with E-state index in [9.17, 15) is 34.6 Å². The van der Waals surface area contributed by atoms with Crippen LogP contribution in [0.25, 0.3) is 65.4 Å². The van der Waals surface area contributed by atoms with E-state index in [1.807, 2.05) is 36.4 Å². The molecule has 3 heterocycles. The third kappa shape index (κ3) is 14.4. The smallest absolute Gasteiger partial charge is 1.00 e. The van der Waals surface area contributed by atoms with Gasteiger partial charge in [-0.2, -0.15) is 0 Å². The largest absolute Gasteiger partial charge is 1.00 e. The molecule has 0 fully saturated rings. The minimum Gasteiger partial charge on any atom is -1.00 e. The van der Waals surface area contributed by atoms with Gasteiger partial charge in [-0.1, -0.05) is 7.43 Å². The average molecular weight is 1140 g/mol. The van der Waals surface area contributed by atoms with Gasteiger partial charge >= 0.3 is 88.1 Å². The molecular weight excluding hydrogens is 1080 g/mol. The van der Waals surface area contributed by atoms with E-state index < -0.39 is 28.7 Å². The number of hydrogen-bond acceptors (Lipinski definition) is 12. The number of nitrogen functional groups attached to an aromatic ring is 2. The second-order valence-electron chi connectivity index (χ2n) is 15.1. The minimum atomic E-state index is -0.826. The number of fused-ring (bicyclic) bond motifs is 6. The van der Waals surface area contributed by atoms with E-state index in [-0.39, 0.29) is 94.5 Å². The molecule has 0 spiro atoms. The number of nitrogens with one attached hydrogen (secondary N) is 3. The van der Waals surface area contributed by atoms with E-state index in [0.717, 1.165) is 48.6 Å². The van der Waals surface area contributed by atoms with Gasteiger partial charge in [-0.15, -0.1) is 0 Å². The van der Waals surface area contributed by atoms with Gasteiger partial charge in [-0.05, 0) is 120 Å². The number of benzene rings is 6. The Labute approximate surface area is 470 Å². The molecular formula is C50H56Cl2KN9O8Sn. The molecule has 71 heavy (non-hydrogen) atoms. The van der Waals surface area contributed by atoms with Gasteiger partial charge in [0.2, 0.25) is 0 Å². The van der Waals surface area contributed by atoms with Crippen LogP contribution in [0, 0.1) is 20.2 Å². The van der Waals surface area contributed by atoms with Gasteiger partial charge in [-0.3, -0.25) is 34.6 Å². The molecule has 0 bridgehead atoms. The van der Waals surface area contributed by atoms with E-state index in [1.165, 1.54) is 36.4 Å². The van der Waals surface area contributed by atoms with Crippen LogP contribution >= 0.6 is 17.8 Å². The number of aliphatic hydroxyl groups is 1. The summed E-state index contributed by atoms with van der Waals surface area (Å²) in [5.41, 5.74) is 18.2. The van der Waals surface area contributed by atoms with Gasteiger partial charge < -0.3 is 42.8 Å². The second-order valence-corrected chi connectivity index (χ2v) is 19.4. The van der Waals surface area contributed by atoms with Gasteiger partial charge in [0.1, 0.15) is 0 Å². The van der Waals surface area contributed by atoms with Crippen molar-refractivity contribution >= 4 is 136 Å². The van der Waals surface area contributed by atoms with E-state index in [0.29, 0.717) is 65.8 Å². The van der Waals surface area contributed by atoms with Crippen molar-refractivity contribution in [2.75, 3.05) is 54.1 Å². The molecule has 21 heteroatoms. The predicted octanol–water partition coefficient (Wildman–Crippen LogP) is 7.47. The summed E-state index contributed by atoms with van der Waals surface area (Å²) in [7, 11) is 9.87. The van der Waals surface area contributed by atoms with Crippen molar-refractivity contribution in [3.63, 3.8) is 0 Å². The molecule has 9 rings (SSSR count). The maximum atomic E-state index is 12.6. The van der Waals surface area contributed by atoms with Crippen LogP contribution in [0.2, 0.25) is 0 Å². The number of nitro benzene ring substituents is 2. The van der Waals surface area contributed by atoms with Crippen molar-refractivity contribution in [2.45, 2.75) is 42.0 Å². The number of anilines is 4. The Morgan fingerprint density at radius 1 is 0.521 bits per heavy atom. The first kappa shape index (κ1) is 60.0. The molecule has 0 saturated carbocycles. The fourth-order valence-corrected chi connectivity index (χ4v) is 7.73. The molecule has 0 aliphatic heterocycles. The van der Waals surface area contributed by atoms with Gasteiger partial charge in [-0.25, -0.2) is 0 Å². The fraction of sp³-hybridized carbons (Fsp3) is 0.220. The van der Waals surface area contributed by atoms with Crippen LogP contribution in [0.1, 0.15) is 43.5 Å². The number of rotatable bonds is 8. The summed E-state index contributed by atoms with van der Waals surface area (Å²) < 4.78 is 0. The summed E-state index contributed by atoms with van der Waals surface area (Å²) in [4.78, 5) is 72.0. The van der Waals surface area contributed by atoms with Crippen LogP contribution in [0.4, 0.5) is 34.1 Å². The zero-order chi connectivity index (χ0) is 50.5. The Morgan fingerprint density at radius 2 is 0.761 bits per heavy atom. The molecule has 17 nitrogen and oxygen atoms in total. The molecule has 0 unspecified atom stereocenters. The number of aromatic amines is 3. The summed E-state index contributed by atoms with van der Waals surface area (Å²) in [5.74, 6) is 0. The van der Waals surface area contributed by atoms with Crippen LogP contribution in [0.5, 0.6) is 0 Å². The SMILES string of the molecule is C.CCN(CC)c1ccc2c(=O)c3ccc(N)cc3[nH]c2c1.CCN(CC)c1ccc2c(=O)c3ccc([N+](=O)[O-])cc3[nH]c2c1.CCO.Nc1ccc2c(=O)c3ccc([N+](=O)[O-])cc3[nH]c2c1.[Cl][Sn][Cl].[H-].[K+]. The second kappa shape index (κ2) is 28.1. The normalized spacial score (nSPS) is 10.3. The Bertz CT molecular complexity index is 3500. The van der Waals surface area contributed by atoms with Crippen LogP contribution in [-0.2, 0) is 0 Å². The molecule has 0 amide bonds. The molecule has 8 N–H and O–H groups in total. The van der Waals surface area contributed by atoms with Crippen LogP contribution < -0.4 is 88.9 Å². The van der Waals surface area contributed by atoms with E-state index in [2.05, 4.69) is 52.4 Å². The molecule has 0 aliphatic carbocycles. The summed E-state index contributed by atoms with van der Waals surface area (Å²) in [6.07, 6.45) is 0. The number of H-pyrrole nitrogens is 3. The summed E-state index contributed by atoms with van der Waals surface area (Å²) in [6, 6.07) is 30.3. The molecule has 0 aliphatic rings. The van der Waals surface area contributed by atoms with Crippen molar-refractivity contribution in [1.29, 1.82) is 0 Å². The molecule has 0 atom stereocenters. The monoisotopic (exact) mass is 1140 g/mol. The zero-order valence-corrected chi connectivity index (χ0v) is 46.9. The van der Waals surface area contributed by atoms with Crippen molar-refractivity contribution in [3.05, 3.63) is 160 Å². The molecule has 0 saturated heterocycles. The summed E-state index contributed by atoms with van der Waals surface area (Å²) in [5, 5.41) is 32.6. The summed E-state index contributed by atoms with van der Waals surface area (Å²) >= 11 is -0.826. The summed E-state index contributed by atoms with van der Waals surface area (Å²) in [6.45, 7) is 13.9. The minimum absolute atomic E-state index is 0. The van der Waals surface area contributed by atoms with Crippen LogP contribution in [-0.4, -0.2) is 81.6 Å². The van der Waals surface area contributed by atoms with Crippen LogP contribution in [0.15, 0.2) is 124 Å². The van der Waals surface area contributed by atoms with Gasteiger partial charge in [0, 0.05) is 112 Å². The maximum absolute atomic E-state index is 12.6. The first-order valence-electron chi connectivity index (χ1n) is 21.7. The first-order chi connectivity index (χ1) is 33.1. The topological polar surface area (TPSA) is 264 Å². The quantitative estimate of drug-likeness (QED) is 0.0285. The first-order valence-corrected chi connectivity index (χ1v) is 29.0. The van der Waals surface area contributed by atoms with Gasteiger partial charge in [0.25, 0.3) is 11.4 Å². The molecule has 9 aromatic rings. The third-order valence-corrected chi connectivity index (χ3v) is 11.1. The maximum Gasteiger partial charge on any atom is 1.00 e. The molecule has 2 radical (unpaired) electrons. The van der Waals surface area contributed by atoms with Crippen LogP contribution in [0.3, 0.4) is 0 Å². The number of nitro groups is 2. The number of halogens is 2. The standard InChI is InChI=1S/C17H17N3O3.C17H19N3O.C13H9N3O3.C2H6O.CH4.2ClH.K.Sn.H/c1-3-19(4-2)11-5-7-13-15(9-11)18-16-10-12(20(22)23)6-8-14(16)17(13)21;1-3-20(4-2)12-6-8-14-16(10-12)19-15-9-11(18)5-7-13(15)17(14)21;14-7-1-3-9-11(5-7)15-12-6-8(16(18)19)2-4-10(12)13(9)17;1-2-3;;;;;;/h5-10H,3-4H2,1-2H3,(H,18,21);5-10H,3-4,18H2,1-2H3,(H,19,21);1-6H,14H2,(H,15,17);3H,2H2,1H3;1H4;2*1H;;;/q;;;;;;;+1;+2;-1/p-2. The average Bonchev–Trinajstić information content (AvgIpc) is 3.33. The predicted molar refractivity (Wildman–Crippen MR) is 294 cm³/mol. The Morgan fingerprint density at radius 3 is 1.03 bits per heavy atom. The Balaban J connectivity index is 0.000000344. The number of nitrogens with two attached hydrogens (primary N) is 2. The van der Waals surface area contributed by atoms with E-state index in [1.54, 1.807) is 43.3 Å². The van der Waals surface area contributed by atoms with Crippen molar-refractivity contribution in [1.82, 2.24) is 15.0 Å². The number of nitrogens with zero attached hydrogens (tertiary/aromatic N) is 4. The van der Waals surface area contributed by atoms with E-state index in [4.69, 9.17) is 34.4 Å². The third-order valence-electron chi connectivity index (χ3n) is 11.1. The molecule has 3 aromatic heterocycles. The number of non-ortho nitro benzene ring substituents is 2. The van der Waals surface area contributed by atoms with Crippen molar-refractivity contribution < 1.29 is 67.8 Å². The zero-order valence-electron chi connectivity index (χ0n) is 40.4. The van der Waals surface area contributed by atoms with Crippen molar-refractivity contribution in [2.24, 2.45) is 0 Å². The number of aromatic nitrogens is 3. The van der Waals surface area contributed by atoms with Gasteiger partial charge in [0.05, 0.1) is 42.9 Å². The number of pyridine rings is 3. The van der Waals surface area contributed by atoms with Gasteiger partial charge in [0.15, 0.2) is 16.3 Å². The molecule has 6 aromatic carbocycles.